The summed E-state index contributed by atoms with van der Waals surface area (Å²) in [5.74, 6) is 0.699. The number of fused-ring (bicyclic) bond motifs is 1. The topological polar surface area (TPSA) is 40.1 Å². The van der Waals surface area contributed by atoms with Gasteiger partial charge in [-0.1, -0.05) is 42.5 Å². The van der Waals surface area contributed by atoms with Crippen LogP contribution in [0.2, 0.25) is 0 Å². The van der Waals surface area contributed by atoms with E-state index in [2.05, 4.69) is 50.4 Å². The smallest absolute Gasteiger partial charge is 0.193 e. The zero-order valence-corrected chi connectivity index (χ0v) is 16.9. The summed E-state index contributed by atoms with van der Waals surface area (Å²) in [5.41, 5.74) is 2.32. The van der Waals surface area contributed by atoms with Crippen molar-refractivity contribution < 1.29 is 9.13 Å². The molecule has 1 N–H and O–H groups in total. The van der Waals surface area contributed by atoms with E-state index in [0.29, 0.717) is 6.04 Å². The summed E-state index contributed by atoms with van der Waals surface area (Å²) >= 11 is 0. The van der Waals surface area contributed by atoms with Gasteiger partial charge in [-0.2, -0.15) is 0 Å². The number of guanidine groups is 1. The second-order valence-electron chi connectivity index (χ2n) is 7.69. The van der Waals surface area contributed by atoms with E-state index in [-0.39, 0.29) is 11.9 Å². The molecule has 0 bridgehead atoms. The first-order valence-electron chi connectivity index (χ1n) is 10.3. The molecule has 2 atom stereocenters. The standard InChI is InChI=1S/C23H29FN4O/c1-25-23(26-11-10-18-8-5-9-20(24)14-18)28-16-21-22(17-28)29-13-12-27(21)15-19-6-3-2-4-7-19/h2-9,14,21-22H,10-13,15-17H2,1H3,(H,25,26). The van der Waals surface area contributed by atoms with E-state index in [1.54, 1.807) is 12.1 Å². The van der Waals surface area contributed by atoms with Crippen LogP contribution < -0.4 is 5.32 Å². The highest BCUT2D eigenvalue weighted by Crippen LogP contribution is 2.24. The Kier molecular flexibility index (Phi) is 6.42. The Bertz CT molecular complexity index is 829. The Morgan fingerprint density at radius 3 is 2.76 bits per heavy atom. The van der Waals surface area contributed by atoms with Gasteiger partial charge in [0.2, 0.25) is 0 Å². The van der Waals surface area contributed by atoms with E-state index in [9.17, 15) is 4.39 Å². The number of benzene rings is 2. The second kappa shape index (κ2) is 9.37. The van der Waals surface area contributed by atoms with Gasteiger partial charge < -0.3 is 15.0 Å². The summed E-state index contributed by atoms with van der Waals surface area (Å²) < 4.78 is 19.4. The van der Waals surface area contributed by atoms with Crippen LogP contribution in [0.4, 0.5) is 4.39 Å². The third-order valence-corrected chi connectivity index (χ3v) is 5.74. The summed E-state index contributed by atoms with van der Waals surface area (Å²) in [6, 6.07) is 17.8. The van der Waals surface area contributed by atoms with Crippen molar-refractivity contribution in [3.8, 4) is 0 Å². The lowest BCUT2D eigenvalue weighted by Gasteiger charge is -2.36. The number of morpholine rings is 1. The number of nitrogens with zero attached hydrogens (tertiary/aromatic N) is 3. The lowest BCUT2D eigenvalue weighted by atomic mass is 10.1. The summed E-state index contributed by atoms with van der Waals surface area (Å²) in [7, 11) is 1.81. The zero-order chi connectivity index (χ0) is 20.1. The van der Waals surface area contributed by atoms with E-state index in [1.807, 2.05) is 13.1 Å². The van der Waals surface area contributed by atoms with Gasteiger partial charge in [0.25, 0.3) is 0 Å². The van der Waals surface area contributed by atoms with E-state index in [1.165, 1.54) is 11.6 Å². The van der Waals surface area contributed by atoms with Gasteiger partial charge in [0.05, 0.1) is 18.8 Å². The molecular weight excluding hydrogens is 367 g/mol. The number of nitrogens with one attached hydrogen (secondary N) is 1. The van der Waals surface area contributed by atoms with Gasteiger partial charge in [0.15, 0.2) is 5.96 Å². The first-order chi connectivity index (χ1) is 14.2. The Morgan fingerprint density at radius 1 is 1.14 bits per heavy atom. The van der Waals surface area contributed by atoms with Crippen molar-refractivity contribution in [2.75, 3.05) is 39.8 Å². The number of likely N-dealkylation sites (tertiary alicyclic amines) is 1. The number of hydrogen-bond acceptors (Lipinski definition) is 3. The van der Waals surface area contributed by atoms with Gasteiger partial charge in [-0.15, -0.1) is 0 Å². The van der Waals surface area contributed by atoms with Gasteiger partial charge in [-0.25, -0.2) is 4.39 Å². The van der Waals surface area contributed by atoms with Gasteiger partial charge in [0, 0.05) is 39.8 Å². The fraction of sp³-hybridized carbons (Fsp3) is 0.435. The number of rotatable bonds is 5. The highest BCUT2D eigenvalue weighted by Gasteiger charge is 2.41. The molecule has 6 heteroatoms. The molecule has 2 aromatic rings. The maximum Gasteiger partial charge on any atom is 0.193 e. The quantitative estimate of drug-likeness (QED) is 0.623. The molecule has 2 aromatic carbocycles. The Labute approximate surface area is 172 Å². The average molecular weight is 397 g/mol. The van der Waals surface area contributed by atoms with Crippen LogP contribution in [0.25, 0.3) is 0 Å². The SMILES string of the molecule is CN=C(NCCc1cccc(F)c1)N1CC2OCCN(Cc3ccccc3)C2C1. The molecule has 0 amide bonds. The number of ether oxygens (including phenoxy) is 1. The van der Waals surface area contributed by atoms with Crippen molar-refractivity contribution in [1.82, 2.24) is 15.1 Å². The molecule has 154 valence electrons. The third kappa shape index (κ3) is 4.95. The van der Waals surface area contributed by atoms with Crippen molar-refractivity contribution in [1.29, 1.82) is 0 Å². The maximum absolute atomic E-state index is 13.4. The lowest BCUT2D eigenvalue weighted by Crippen LogP contribution is -2.50. The summed E-state index contributed by atoms with van der Waals surface area (Å²) in [6.07, 6.45) is 0.961. The maximum atomic E-state index is 13.4. The molecule has 0 spiro atoms. The van der Waals surface area contributed by atoms with Crippen molar-refractivity contribution in [2.24, 2.45) is 4.99 Å². The summed E-state index contributed by atoms with van der Waals surface area (Å²) in [6.45, 7) is 5.14. The van der Waals surface area contributed by atoms with Crippen LogP contribution in [0.5, 0.6) is 0 Å². The van der Waals surface area contributed by atoms with Crippen molar-refractivity contribution in [3.63, 3.8) is 0 Å². The lowest BCUT2D eigenvalue weighted by molar-refractivity contribution is -0.0502. The predicted octanol–water partition coefficient (Wildman–Crippen LogP) is 2.53. The first-order valence-corrected chi connectivity index (χ1v) is 10.3. The van der Waals surface area contributed by atoms with Gasteiger partial charge >= 0.3 is 0 Å². The highest BCUT2D eigenvalue weighted by molar-refractivity contribution is 5.80. The monoisotopic (exact) mass is 396 g/mol. The molecule has 2 unspecified atom stereocenters. The Morgan fingerprint density at radius 2 is 1.97 bits per heavy atom. The van der Waals surface area contributed by atoms with Crippen LogP contribution >= 0.6 is 0 Å². The fourth-order valence-corrected chi connectivity index (χ4v) is 4.29. The molecule has 2 saturated heterocycles. The third-order valence-electron chi connectivity index (χ3n) is 5.74. The molecule has 2 aliphatic heterocycles. The minimum Gasteiger partial charge on any atom is -0.373 e. The molecule has 29 heavy (non-hydrogen) atoms. The van der Waals surface area contributed by atoms with E-state index >= 15 is 0 Å². The largest absolute Gasteiger partial charge is 0.373 e. The van der Waals surface area contributed by atoms with Crippen LogP contribution in [0, 0.1) is 5.82 Å². The molecule has 0 aromatic heterocycles. The predicted molar refractivity (Wildman–Crippen MR) is 113 cm³/mol. The van der Waals surface area contributed by atoms with Gasteiger partial charge in [0.1, 0.15) is 5.82 Å². The molecule has 4 rings (SSSR count). The highest BCUT2D eigenvalue weighted by atomic mass is 19.1. The van der Waals surface area contributed by atoms with Crippen LogP contribution in [-0.4, -0.2) is 67.7 Å². The van der Waals surface area contributed by atoms with Crippen LogP contribution in [0.3, 0.4) is 0 Å². The van der Waals surface area contributed by atoms with Crippen molar-refractivity contribution in [3.05, 3.63) is 71.5 Å². The van der Waals surface area contributed by atoms with E-state index < -0.39 is 0 Å². The fourth-order valence-electron chi connectivity index (χ4n) is 4.29. The Balaban J connectivity index is 1.34. The Hall–Kier alpha value is -2.44. The summed E-state index contributed by atoms with van der Waals surface area (Å²) in [5, 5.41) is 3.43. The zero-order valence-electron chi connectivity index (χ0n) is 16.9. The minimum absolute atomic E-state index is 0.189. The van der Waals surface area contributed by atoms with Crippen LogP contribution in [-0.2, 0) is 17.7 Å². The van der Waals surface area contributed by atoms with Crippen molar-refractivity contribution >= 4 is 5.96 Å². The molecule has 0 saturated carbocycles. The molecule has 5 nitrogen and oxygen atoms in total. The molecule has 2 aliphatic rings. The number of hydrogen-bond donors (Lipinski definition) is 1. The van der Waals surface area contributed by atoms with Crippen LogP contribution in [0.15, 0.2) is 59.6 Å². The number of halogens is 1. The molecule has 2 heterocycles. The summed E-state index contributed by atoms with van der Waals surface area (Å²) in [4.78, 5) is 9.28. The second-order valence-corrected chi connectivity index (χ2v) is 7.69. The molecular formula is C23H29FN4O. The van der Waals surface area contributed by atoms with Crippen LogP contribution in [0.1, 0.15) is 11.1 Å². The molecule has 0 radical (unpaired) electrons. The molecule has 0 aliphatic carbocycles. The minimum atomic E-state index is -0.189. The average Bonchev–Trinajstić information content (AvgIpc) is 3.17. The normalized spacial score (nSPS) is 22.6. The van der Waals surface area contributed by atoms with Crippen molar-refractivity contribution in [2.45, 2.75) is 25.1 Å². The molecule has 2 fully saturated rings. The first kappa shape index (κ1) is 19.9. The van der Waals surface area contributed by atoms with Gasteiger partial charge in [-0.3, -0.25) is 9.89 Å². The van der Waals surface area contributed by atoms with E-state index in [4.69, 9.17) is 4.74 Å². The number of aliphatic imine (C=N–C) groups is 1. The van der Waals surface area contributed by atoms with Gasteiger partial charge in [-0.05, 0) is 29.7 Å². The van der Waals surface area contributed by atoms with E-state index in [0.717, 1.165) is 57.3 Å².